The standard InChI is InChI=1S/C25H33N3O3/c1-26-25(28-12-14-31-24(17-28)23-11-6-13-30-23)27-16-21-9-5-10-22(15-21)19-29-18-20-7-3-2-4-8-20/h2-5,7-10,15,23-24H,6,11-14,16-19H2,1H3,(H,26,27). The minimum absolute atomic E-state index is 0.125. The van der Waals surface area contributed by atoms with Crippen LogP contribution in [0.25, 0.3) is 0 Å². The summed E-state index contributed by atoms with van der Waals surface area (Å²) in [7, 11) is 1.84. The van der Waals surface area contributed by atoms with Crippen molar-refractivity contribution in [2.24, 2.45) is 4.99 Å². The zero-order valence-corrected chi connectivity index (χ0v) is 18.3. The van der Waals surface area contributed by atoms with E-state index in [-0.39, 0.29) is 12.2 Å². The number of hydrogen-bond acceptors (Lipinski definition) is 4. The Morgan fingerprint density at radius 2 is 1.77 bits per heavy atom. The molecule has 0 aliphatic carbocycles. The van der Waals surface area contributed by atoms with Crippen LogP contribution in [0.3, 0.4) is 0 Å². The van der Waals surface area contributed by atoms with Gasteiger partial charge in [-0.15, -0.1) is 0 Å². The number of ether oxygens (including phenoxy) is 3. The van der Waals surface area contributed by atoms with Crippen LogP contribution in [0.1, 0.15) is 29.5 Å². The molecule has 6 nitrogen and oxygen atoms in total. The van der Waals surface area contributed by atoms with Gasteiger partial charge in [0, 0.05) is 33.3 Å². The fourth-order valence-electron chi connectivity index (χ4n) is 4.19. The molecule has 2 aromatic carbocycles. The Kier molecular flexibility index (Phi) is 7.93. The average molecular weight is 424 g/mol. The largest absolute Gasteiger partial charge is 0.375 e. The predicted octanol–water partition coefficient (Wildman–Crippen LogP) is 3.36. The van der Waals surface area contributed by atoms with Crippen molar-refractivity contribution < 1.29 is 14.2 Å². The summed E-state index contributed by atoms with van der Waals surface area (Å²) in [6.45, 7) is 5.17. The highest BCUT2D eigenvalue weighted by atomic mass is 16.5. The van der Waals surface area contributed by atoms with Gasteiger partial charge < -0.3 is 24.4 Å². The third-order valence-electron chi connectivity index (χ3n) is 5.81. The first-order valence-corrected chi connectivity index (χ1v) is 11.2. The van der Waals surface area contributed by atoms with Crippen molar-refractivity contribution in [1.82, 2.24) is 10.2 Å². The van der Waals surface area contributed by atoms with Gasteiger partial charge in [0.15, 0.2) is 5.96 Å². The molecule has 0 spiro atoms. The zero-order valence-electron chi connectivity index (χ0n) is 18.3. The first-order valence-electron chi connectivity index (χ1n) is 11.2. The molecule has 2 aliphatic heterocycles. The van der Waals surface area contributed by atoms with Crippen LogP contribution in [0.4, 0.5) is 0 Å². The highest BCUT2D eigenvalue weighted by molar-refractivity contribution is 5.80. The molecule has 2 atom stereocenters. The molecule has 2 unspecified atom stereocenters. The van der Waals surface area contributed by atoms with Crippen molar-refractivity contribution in [2.45, 2.75) is 44.8 Å². The van der Waals surface area contributed by atoms with E-state index in [1.165, 1.54) is 16.7 Å². The average Bonchev–Trinajstić information content (AvgIpc) is 3.36. The Balaban J connectivity index is 1.27. The number of morpholine rings is 1. The van der Waals surface area contributed by atoms with Gasteiger partial charge in [0.05, 0.1) is 25.9 Å². The van der Waals surface area contributed by atoms with Crippen molar-refractivity contribution in [1.29, 1.82) is 0 Å². The summed E-state index contributed by atoms with van der Waals surface area (Å²) in [5, 5.41) is 3.51. The number of benzene rings is 2. The van der Waals surface area contributed by atoms with Crippen molar-refractivity contribution >= 4 is 5.96 Å². The molecule has 166 valence electrons. The molecule has 31 heavy (non-hydrogen) atoms. The minimum Gasteiger partial charge on any atom is -0.375 e. The van der Waals surface area contributed by atoms with Crippen LogP contribution in [0.15, 0.2) is 59.6 Å². The van der Waals surface area contributed by atoms with E-state index < -0.39 is 0 Å². The monoisotopic (exact) mass is 423 g/mol. The summed E-state index contributed by atoms with van der Waals surface area (Å²) in [4.78, 5) is 6.78. The van der Waals surface area contributed by atoms with Gasteiger partial charge in [0.25, 0.3) is 0 Å². The van der Waals surface area contributed by atoms with E-state index in [1.807, 2.05) is 25.2 Å². The molecule has 0 aromatic heterocycles. The normalized spacial score (nSPS) is 22.0. The lowest BCUT2D eigenvalue weighted by Crippen LogP contribution is -2.53. The number of nitrogens with one attached hydrogen (secondary N) is 1. The fraction of sp³-hybridized carbons (Fsp3) is 0.480. The van der Waals surface area contributed by atoms with Gasteiger partial charge >= 0.3 is 0 Å². The first kappa shape index (κ1) is 21.8. The molecule has 0 amide bonds. The zero-order chi connectivity index (χ0) is 21.3. The van der Waals surface area contributed by atoms with Crippen LogP contribution >= 0.6 is 0 Å². The van der Waals surface area contributed by atoms with Crippen LogP contribution < -0.4 is 5.32 Å². The SMILES string of the molecule is CN=C(NCc1cccc(COCc2ccccc2)c1)N1CCOC(C2CCCO2)C1. The van der Waals surface area contributed by atoms with Crippen molar-refractivity contribution in [3.63, 3.8) is 0 Å². The van der Waals surface area contributed by atoms with E-state index >= 15 is 0 Å². The Bertz CT molecular complexity index is 837. The number of guanidine groups is 1. The van der Waals surface area contributed by atoms with Crippen molar-refractivity contribution in [3.05, 3.63) is 71.3 Å². The molecule has 0 bridgehead atoms. The number of nitrogens with zero attached hydrogens (tertiary/aromatic N) is 2. The van der Waals surface area contributed by atoms with Crippen molar-refractivity contribution in [3.8, 4) is 0 Å². The quantitative estimate of drug-likeness (QED) is 0.547. The minimum atomic E-state index is 0.125. The van der Waals surface area contributed by atoms with E-state index in [0.29, 0.717) is 19.8 Å². The van der Waals surface area contributed by atoms with Crippen LogP contribution in [-0.2, 0) is 34.0 Å². The smallest absolute Gasteiger partial charge is 0.194 e. The third-order valence-corrected chi connectivity index (χ3v) is 5.81. The molecule has 0 saturated carbocycles. The van der Waals surface area contributed by atoms with Gasteiger partial charge in [-0.2, -0.15) is 0 Å². The van der Waals surface area contributed by atoms with E-state index in [9.17, 15) is 0 Å². The molecule has 2 aliphatic rings. The second-order valence-electron chi connectivity index (χ2n) is 8.11. The predicted molar refractivity (Wildman–Crippen MR) is 122 cm³/mol. The molecular formula is C25H33N3O3. The summed E-state index contributed by atoms with van der Waals surface area (Å²) < 4.78 is 17.7. The molecule has 2 heterocycles. The molecule has 0 radical (unpaired) electrons. The van der Waals surface area contributed by atoms with Crippen LogP contribution in [0.5, 0.6) is 0 Å². The summed E-state index contributed by atoms with van der Waals surface area (Å²) in [6.07, 6.45) is 2.56. The van der Waals surface area contributed by atoms with Crippen LogP contribution in [0, 0.1) is 0 Å². The molecule has 1 N–H and O–H groups in total. The summed E-state index contributed by atoms with van der Waals surface area (Å²) in [5.74, 6) is 0.914. The number of rotatable bonds is 7. The Hall–Kier alpha value is -2.41. The molecular weight excluding hydrogens is 390 g/mol. The molecule has 2 fully saturated rings. The Morgan fingerprint density at radius 3 is 2.58 bits per heavy atom. The first-order chi connectivity index (χ1) is 15.3. The molecule has 2 saturated heterocycles. The fourth-order valence-corrected chi connectivity index (χ4v) is 4.19. The van der Waals surface area contributed by atoms with E-state index in [2.05, 4.69) is 51.6 Å². The van der Waals surface area contributed by atoms with Gasteiger partial charge in [-0.25, -0.2) is 0 Å². The van der Waals surface area contributed by atoms with Gasteiger partial charge in [-0.05, 0) is 29.5 Å². The molecule has 6 heteroatoms. The summed E-state index contributed by atoms with van der Waals surface area (Å²) >= 11 is 0. The lowest BCUT2D eigenvalue weighted by molar-refractivity contribution is -0.0817. The van der Waals surface area contributed by atoms with E-state index in [0.717, 1.165) is 45.0 Å². The number of hydrogen-bond donors (Lipinski definition) is 1. The highest BCUT2D eigenvalue weighted by Crippen LogP contribution is 2.21. The van der Waals surface area contributed by atoms with E-state index in [4.69, 9.17) is 14.2 Å². The maximum absolute atomic E-state index is 5.97. The number of aliphatic imine (C=N–C) groups is 1. The van der Waals surface area contributed by atoms with Gasteiger partial charge in [-0.1, -0.05) is 54.6 Å². The Morgan fingerprint density at radius 1 is 1.00 bits per heavy atom. The maximum Gasteiger partial charge on any atom is 0.194 e. The van der Waals surface area contributed by atoms with Crippen LogP contribution in [0.2, 0.25) is 0 Å². The van der Waals surface area contributed by atoms with Gasteiger partial charge in [0.1, 0.15) is 6.10 Å². The lowest BCUT2D eigenvalue weighted by atomic mass is 10.1. The summed E-state index contributed by atoms with van der Waals surface area (Å²) in [5.41, 5.74) is 3.58. The third kappa shape index (κ3) is 6.29. The molecule has 2 aromatic rings. The summed E-state index contributed by atoms with van der Waals surface area (Å²) in [6, 6.07) is 18.8. The van der Waals surface area contributed by atoms with Crippen LogP contribution in [-0.4, -0.2) is 56.4 Å². The highest BCUT2D eigenvalue weighted by Gasteiger charge is 2.32. The second kappa shape index (κ2) is 11.3. The van der Waals surface area contributed by atoms with Gasteiger partial charge in [-0.3, -0.25) is 4.99 Å². The maximum atomic E-state index is 5.97. The van der Waals surface area contributed by atoms with Crippen molar-refractivity contribution in [2.75, 3.05) is 33.4 Å². The topological polar surface area (TPSA) is 55.3 Å². The molecule has 4 rings (SSSR count). The van der Waals surface area contributed by atoms with Gasteiger partial charge in [0.2, 0.25) is 0 Å². The second-order valence-corrected chi connectivity index (χ2v) is 8.11. The lowest BCUT2D eigenvalue weighted by Gasteiger charge is -2.37. The van der Waals surface area contributed by atoms with E-state index in [1.54, 1.807) is 0 Å². The Labute approximate surface area is 185 Å².